The van der Waals surface area contributed by atoms with Crippen LogP contribution in [0.5, 0.6) is 5.75 Å². The predicted molar refractivity (Wildman–Crippen MR) is 43.6 cm³/mol. The Morgan fingerprint density at radius 2 is 1.91 bits per heavy atom. The van der Waals surface area contributed by atoms with Crippen LogP contribution < -0.4 is 4.29 Å². The van der Waals surface area contributed by atoms with Crippen LogP contribution in [0.3, 0.4) is 0 Å². The number of rotatable bonds is 2. The molecule has 1 rings (SSSR count). The fourth-order valence-corrected chi connectivity index (χ4v) is 0.901. The zero-order valence-electron chi connectivity index (χ0n) is 6.12. The lowest BCUT2D eigenvalue weighted by molar-refractivity contribution is 0.199. The minimum absolute atomic E-state index is 0.445. The average Bonchev–Trinajstić information content (AvgIpc) is 2.05. The smallest absolute Gasteiger partial charge is 0.146 e. The average molecular weight is 173 g/mol. The molecular weight excluding hydrogens is 164 g/mol. The van der Waals surface area contributed by atoms with Crippen molar-refractivity contribution >= 4 is 11.9 Å². The van der Waals surface area contributed by atoms with Crippen LogP contribution >= 0.6 is 11.9 Å². The monoisotopic (exact) mass is 172 g/mol. The quantitative estimate of drug-likeness (QED) is 0.742. The SMILES string of the molecule is CC(O)c1ccc(OCl)cc1. The molecule has 60 valence electrons. The van der Waals surface area contributed by atoms with Gasteiger partial charge >= 0.3 is 0 Å². The molecule has 0 heterocycles. The lowest BCUT2D eigenvalue weighted by atomic mass is 10.1. The molecule has 2 nitrogen and oxygen atoms in total. The lowest BCUT2D eigenvalue weighted by Gasteiger charge is -2.03. The van der Waals surface area contributed by atoms with Gasteiger partial charge in [-0.05, 0) is 24.6 Å². The van der Waals surface area contributed by atoms with Gasteiger partial charge in [-0.1, -0.05) is 12.1 Å². The zero-order valence-corrected chi connectivity index (χ0v) is 6.88. The second-order valence-corrected chi connectivity index (χ2v) is 2.48. The maximum Gasteiger partial charge on any atom is 0.146 e. The highest BCUT2D eigenvalue weighted by Crippen LogP contribution is 2.17. The summed E-state index contributed by atoms with van der Waals surface area (Å²) in [4.78, 5) is 0. The standard InChI is InChI=1S/C8H9ClO2/c1-6(10)7-2-4-8(11-9)5-3-7/h2-6,10H,1H3. The summed E-state index contributed by atoms with van der Waals surface area (Å²) in [5.41, 5.74) is 0.850. The van der Waals surface area contributed by atoms with E-state index in [1.165, 1.54) is 0 Å². The van der Waals surface area contributed by atoms with E-state index in [1.54, 1.807) is 31.2 Å². The molecule has 1 aromatic rings. The van der Waals surface area contributed by atoms with Gasteiger partial charge in [0.1, 0.15) is 17.6 Å². The summed E-state index contributed by atoms with van der Waals surface area (Å²) in [6, 6.07) is 6.94. The summed E-state index contributed by atoms with van der Waals surface area (Å²) in [5, 5.41) is 9.11. The van der Waals surface area contributed by atoms with Gasteiger partial charge in [-0.25, -0.2) is 0 Å². The maximum atomic E-state index is 9.11. The third-order valence-corrected chi connectivity index (χ3v) is 1.63. The summed E-state index contributed by atoms with van der Waals surface area (Å²) in [6.07, 6.45) is -0.445. The Bertz CT molecular complexity index is 218. The number of hydrogen-bond donors (Lipinski definition) is 1. The highest BCUT2D eigenvalue weighted by atomic mass is 35.5. The largest absolute Gasteiger partial charge is 0.389 e. The number of halogens is 1. The fourth-order valence-electron chi connectivity index (χ4n) is 0.798. The Labute approximate surface area is 70.5 Å². The van der Waals surface area contributed by atoms with Gasteiger partial charge in [-0.3, -0.25) is 0 Å². The van der Waals surface area contributed by atoms with Crippen LogP contribution in [0.25, 0.3) is 0 Å². The molecule has 11 heavy (non-hydrogen) atoms. The molecule has 0 amide bonds. The Balaban J connectivity index is 2.83. The van der Waals surface area contributed by atoms with Crippen LogP contribution in [0.4, 0.5) is 0 Å². The van der Waals surface area contributed by atoms with E-state index in [-0.39, 0.29) is 0 Å². The molecule has 0 radical (unpaired) electrons. The van der Waals surface area contributed by atoms with Gasteiger partial charge in [0.15, 0.2) is 0 Å². The van der Waals surface area contributed by atoms with E-state index in [9.17, 15) is 0 Å². The van der Waals surface area contributed by atoms with Crippen LogP contribution in [0.2, 0.25) is 0 Å². The zero-order chi connectivity index (χ0) is 8.27. The lowest BCUT2D eigenvalue weighted by Crippen LogP contribution is -1.89. The van der Waals surface area contributed by atoms with E-state index in [0.29, 0.717) is 5.75 Å². The fraction of sp³-hybridized carbons (Fsp3) is 0.250. The van der Waals surface area contributed by atoms with E-state index < -0.39 is 6.10 Å². The van der Waals surface area contributed by atoms with Crippen molar-refractivity contribution in [3.8, 4) is 5.75 Å². The first-order chi connectivity index (χ1) is 5.24. The number of aliphatic hydroxyl groups excluding tert-OH is 1. The van der Waals surface area contributed by atoms with Crippen molar-refractivity contribution in [2.45, 2.75) is 13.0 Å². The number of benzene rings is 1. The second-order valence-electron chi connectivity index (χ2n) is 2.32. The van der Waals surface area contributed by atoms with Crippen LogP contribution in [-0.2, 0) is 0 Å². The van der Waals surface area contributed by atoms with Crippen molar-refractivity contribution in [1.82, 2.24) is 0 Å². The molecule has 0 fully saturated rings. The molecule has 1 aromatic carbocycles. The van der Waals surface area contributed by atoms with E-state index in [1.807, 2.05) is 0 Å². The van der Waals surface area contributed by atoms with E-state index in [4.69, 9.17) is 17.0 Å². The van der Waals surface area contributed by atoms with Gasteiger partial charge in [0.25, 0.3) is 0 Å². The molecule has 0 spiro atoms. The molecule has 3 heteroatoms. The topological polar surface area (TPSA) is 29.5 Å². The van der Waals surface area contributed by atoms with Crippen molar-refractivity contribution < 1.29 is 9.40 Å². The first-order valence-electron chi connectivity index (χ1n) is 3.30. The van der Waals surface area contributed by atoms with Gasteiger partial charge in [-0.2, -0.15) is 0 Å². The van der Waals surface area contributed by atoms with E-state index in [0.717, 1.165) is 5.56 Å². The second kappa shape index (κ2) is 3.60. The van der Waals surface area contributed by atoms with Crippen LogP contribution in [0.1, 0.15) is 18.6 Å². The molecule has 0 bridgehead atoms. The Hall–Kier alpha value is -0.730. The molecule has 0 aromatic heterocycles. The van der Waals surface area contributed by atoms with Crippen molar-refractivity contribution in [3.05, 3.63) is 29.8 Å². The minimum atomic E-state index is -0.445. The Morgan fingerprint density at radius 1 is 1.36 bits per heavy atom. The van der Waals surface area contributed by atoms with Crippen molar-refractivity contribution in [3.63, 3.8) is 0 Å². The van der Waals surface area contributed by atoms with Gasteiger partial charge < -0.3 is 9.40 Å². The Kier molecular flexibility index (Phi) is 2.74. The third-order valence-electron chi connectivity index (χ3n) is 1.45. The first-order valence-corrected chi connectivity index (χ1v) is 3.61. The molecule has 0 saturated carbocycles. The van der Waals surface area contributed by atoms with Crippen molar-refractivity contribution in [2.75, 3.05) is 0 Å². The Morgan fingerprint density at radius 3 is 2.27 bits per heavy atom. The summed E-state index contributed by atoms with van der Waals surface area (Å²) in [7, 11) is 0. The number of hydrogen-bond acceptors (Lipinski definition) is 2. The summed E-state index contributed by atoms with van der Waals surface area (Å²) >= 11 is 5.10. The molecule has 1 N–H and O–H groups in total. The molecule has 1 atom stereocenters. The van der Waals surface area contributed by atoms with Crippen LogP contribution in [0.15, 0.2) is 24.3 Å². The van der Waals surface area contributed by atoms with Crippen LogP contribution in [-0.4, -0.2) is 5.11 Å². The van der Waals surface area contributed by atoms with E-state index >= 15 is 0 Å². The van der Waals surface area contributed by atoms with Gasteiger partial charge in [-0.15, -0.1) is 0 Å². The predicted octanol–water partition coefficient (Wildman–Crippen LogP) is 2.27. The van der Waals surface area contributed by atoms with Gasteiger partial charge in [0, 0.05) is 0 Å². The summed E-state index contributed by atoms with van der Waals surface area (Å²) in [6.45, 7) is 1.70. The van der Waals surface area contributed by atoms with Crippen LogP contribution in [0, 0.1) is 0 Å². The maximum absolute atomic E-state index is 9.11. The third kappa shape index (κ3) is 2.10. The minimum Gasteiger partial charge on any atom is -0.389 e. The summed E-state index contributed by atoms with van der Waals surface area (Å²) < 4.78 is 4.44. The van der Waals surface area contributed by atoms with E-state index in [2.05, 4.69) is 4.29 Å². The van der Waals surface area contributed by atoms with Crippen molar-refractivity contribution in [1.29, 1.82) is 0 Å². The summed E-state index contributed by atoms with van der Waals surface area (Å²) in [5.74, 6) is 0.580. The van der Waals surface area contributed by atoms with Crippen molar-refractivity contribution in [2.24, 2.45) is 0 Å². The van der Waals surface area contributed by atoms with Gasteiger partial charge in [0.05, 0.1) is 6.10 Å². The first kappa shape index (κ1) is 8.37. The molecule has 0 aliphatic heterocycles. The normalized spacial score (nSPS) is 12.6. The molecule has 1 unspecified atom stereocenters. The molecule has 0 aliphatic rings. The van der Waals surface area contributed by atoms with Gasteiger partial charge in [0.2, 0.25) is 0 Å². The highest BCUT2D eigenvalue weighted by molar-refractivity contribution is 6.09. The number of aliphatic hydroxyl groups is 1. The molecular formula is C8H9ClO2. The molecule has 0 aliphatic carbocycles. The highest BCUT2D eigenvalue weighted by Gasteiger charge is 1.99. The molecule has 0 saturated heterocycles.